The molecule has 1 aliphatic rings. The summed E-state index contributed by atoms with van der Waals surface area (Å²) < 4.78 is 0. The van der Waals surface area contributed by atoms with Crippen molar-refractivity contribution < 1.29 is 14.8 Å². The molecule has 1 aliphatic carbocycles. The van der Waals surface area contributed by atoms with Crippen LogP contribution in [0.2, 0.25) is 0 Å². The molecule has 1 aromatic rings. The molecule has 1 amide bonds. The zero-order chi connectivity index (χ0) is 11.7. The SMILES string of the molecule is O=C(NC1CC1)c1cccc([N+](=O)[O-])c1O. The predicted octanol–water partition coefficient (Wildman–Crippen LogP) is 1.19. The van der Waals surface area contributed by atoms with Gasteiger partial charge in [-0.25, -0.2) is 0 Å². The zero-order valence-electron chi connectivity index (χ0n) is 8.34. The van der Waals surface area contributed by atoms with Crippen molar-refractivity contribution in [1.82, 2.24) is 5.32 Å². The number of aromatic hydroxyl groups is 1. The Balaban J connectivity index is 2.29. The highest BCUT2D eigenvalue weighted by molar-refractivity contribution is 5.98. The third-order valence-corrected chi connectivity index (χ3v) is 2.37. The molecule has 0 spiro atoms. The van der Waals surface area contributed by atoms with Crippen LogP contribution in [-0.2, 0) is 0 Å². The molecule has 1 aromatic carbocycles. The second-order valence-corrected chi connectivity index (χ2v) is 3.68. The van der Waals surface area contributed by atoms with Gasteiger partial charge in [0.25, 0.3) is 5.91 Å². The van der Waals surface area contributed by atoms with E-state index in [1.165, 1.54) is 12.1 Å². The number of hydrogen-bond donors (Lipinski definition) is 2. The van der Waals surface area contributed by atoms with Crippen LogP contribution in [0.3, 0.4) is 0 Å². The highest BCUT2D eigenvalue weighted by Crippen LogP contribution is 2.30. The number of carbonyl (C=O) groups excluding carboxylic acids is 1. The van der Waals surface area contributed by atoms with Crippen molar-refractivity contribution >= 4 is 11.6 Å². The standard InChI is InChI=1S/C10H10N2O4/c13-9-7(10(14)11-6-4-5-6)2-1-3-8(9)12(15)16/h1-3,6,13H,4-5H2,(H,11,14). The highest BCUT2D eigenvalue weighted by atomic mass is 16.6. The molecule has 2 rings (SSSR count). The number of phenols is 1. The number of phenolic OH excluding ortho intramolecular Hbond substituents is 1. The molecular formula is C10H10N2O4. The molecule has 0 aromatic heterocycles. The molecule has 0 heterocycles. The number of para-hydroxylation sites is 1. The fraction of sp³-hybridized carbons (Fsp3) is 0.300. The summed E-state index contributed by atoms with van der Waals surface area (Å²) in [6, 6.07) is 4.04. The van der Waals surface area contributed by atoms with Crippen LogP contribution >= 0.6 is 0 Å². The van der Waals surface area contributed by atoms with Gasteiger partial charge in [-0.3, -0.25) is 14.9 Å². The lowest BCUT2D eigenvalue weighted by atomic mass is 10.1. The van der Waals surface area contributed by atoms with Gasteiger partial charge in [-0.05, 0) is 18.9 Å². The van der Waals surface area contributed by atoms with Gasteiger partial charge >= 0.3 is 5.69 Å². The minimum atomic E-state index is -0.719. The van der Waals surface area contributed by atoms with Crippen LogP contribution in [0.25, 0.3) is 0 Å². The molecule has 1 fully saturated rings. The molecule has 2 N–H and O–H groups in total. The lowest BCUT2D eigenvalue weighted by Crippen LogP contribution is -2.25. The van der Waals surface area contributed by atoms with Gasteiger partial charge in [-0.2, -0.15) is 0 Å². The van der Waals surface area contributed by atoms with E-state index >= 15 is 0 Å². The largest absolute Gasteiger partial charge is 0.502 e. The van der Waals surface area contributed by atoms with Crippen molar-refractivity contribution in [2.45, 2.75) is 18.9 Å². The molecule has 1 saturated carbocycles. The monoisotopic (exact) mass is 222 g/mol. The number of amides is 1. The van der Waals surface area contributed by atoms with E-state index in [1.54, 1.807) is 0 Å². The van der Waals surface area contributed by atoms with Crippen molar-refractivity contribution in [3.05, 3.63) is 33.9 Å². The van der Waals surface area contributed by atoms with E-state index in [2.05, 4.69) is 5.32 Å². The van der Waals surface area contributed by atoms with Gasteiger partial charge in [0, 0.05) is 12.1 Å². The average molecular weight is 222 g/mol. The van der Waals surface area contributed by atoms with Crippen LogP contribution < -0.4 is 5.32 Å². The van der Waals surface area contributed by atoms with E-state index in [0.717, 1.165) is 18.9 Å². The molecule has 0 unspecified atom stereocenters. The molecular weight excluding hydrogens is 212 g/mol. The molecule has 6 heteroatoms. The number of benzene rings is 1. The van der Waals surface area contributed by atoms with Gasteiger partial charge in [0.1, 0.15) is 0 Å². The molecule has 0 atom stereocenters. The van der Waals surface area contributed by atoms with Crippen LogP contribution in [0, 0.1) is 10.1 Å². The summed E-state index contributed by atoms with van der Waals surface area (Å²) in [5.41, 5.74) is -0.510. The number of rotatable bonds is 3. The van der Waals surface area contributed by atoms with Gasteiger partial charge in [-0.15, -0.1) is 0 Å². The maximum absolute atomic E-state index is 11.6. The second-order valence-electron chi connectivity index (χ2n) is 3.68. The topological polar surface area (TPSA) is 92.5 Å². The summed E-state index contributed by atoms with van der Waals surface area (Å²) >= 11 is 0. The van der Waals surface area contributed by atoms with Crippen LogP contribution in [0.5, 0.6) is 5.75 Å². The fourth-order valence-electron chi connectivity index (χ4n) is 1.35. The van der Waals surface area contributed by atoms with E-state index < -0.39 is 22.3 Å². The summed E-state index contributed by atoms with van der Waals surface area (Å²) in [6.07, 6.45) is 1.84. The Morgan fingerprint density at radius 1 is 1.50 bits per heavy atom. The van der Waals surface area contributed by atoms with Crippen molar-refractivity contribution in [3.8, 4) is 5.75 Å². The smallest absolute Gasteiger partial charge is 0.311 e. The van der Waals surface area contributed by atoms with E-state index in [-0.39, 0.29) is 11.6 Å². The average Bonchev–Trinajstić information content (AvgIpc) is 3.01. The van der Waals surface area contributed by atoms with Gasteiger partial charge in [-0.1, -0.05) is 6.07 Å². The molecule has 0 saturated heterocycles. The molecule has 16 heavy (non-hydrogen) atoms. The lowest BCUT2D eigenvalue weighted by Gasteiger charge is -2.05. The Bertz CT molecular complexity index is 454. The Hall–Kier alpha value is -2.11. The quantitative estimate of drug-likeness (QED) is 0.593. The first-order chi connectivity index (χ1) is 7.59. The van der Waals surface area contributed by atoms with E-state index in [1.807, 2.05) is 0 Å². The number of nitrogens with zero attached hydrogens (tertiary/aromatic N) is 1. The van der Waals surface area contributed by atoms with Crippen LogP contribution in [0.4, 0.5) is 5.69 Å². The normalized spacial score (nSPS) is 14.5. The summed E-state index contributed by atoms with van der Waals surface area (Å²) in [6.45, 7) is 0. The van der Waals surface area contributed by atoms with Crippen LogP contribution in [0.1, 0.15) is 23.2 Å². The van der Waals surface area contributed by atoms with Crippen molar-refractivity contribution in [2.24, 2.45) is 0 Å². The van der Waals surface area contributed by atoms with Gasteiger partial charge in [0.05, 0.1) is 10.5 Å². The molecule has 84 valence electrons. The predicted molar refractivity (Wildman–Crippen MR) is 55.2 cm³/mol. The number of hydrogen-bond acceptors (Lipinski definition) is 4. The summed E-state index contributed by atoms with van der Waals surface area (Å²) in [5, 5.41) is 22.8. The summed E-state index contributed by atoms with van der Waals surface area (Å²) in [5.74, 6) is -1.05. The maximum atomic E-state index is 11.6. The summed E-state index contributed by atoms with van der Waals surface area (Å²) in [7, 11) is 0. The third-order valence-electron chi connectivity index (χ3n) is 2.37. The minimum absolute atomic E-state index is 0.0545. The molecule has 0 bridgehead atoms. The van der Waals surface area contributed by atoms with Crippen molar-refractivity contribution in [3.63, 3.8) is 0 Å². The number of nitro benzene ring substituents is 1. The van der Waals surface area contributed by atoms with Gasteiger partial charge in [0.15, 0.2) is 0 Å². The fourth-order valence-corrected chi connectivity index (χ4v) is 1.35. The third kappa shape index (κ3) is 1.95. The molecule has 6 nitrogen and oxygen atoms in total. The molecule has 0 aliphatic heterocycles. The Kier molecular flexibility index (Phi) is 2.47. The Morgan fingerprint density at radius 3 is 2.75 bits per heavy atom. The van der Waals surface area contributed by atoms with E-state index in [4.69, 9.17) is 0 Å². The van der Waals surface area contributed by atoms with Crippen LogP contribution in [0.15, 0.2) is 18.2 Å². The Labute approximate surface area is 91.0 Å². The lowest BCUT2D eigenvalue weighted by molar-refractivity contribution is -0.385. The van der Waals surface area contributed by atoms with Gasteiger partial charge < -0.3 is 10.4 Å². The first kappa shape index (κ1) is 10.4. The van der Waals surface area contributed by atoms with Crippen molar-refractivity contribution in [1.29, 1.82) is 0 Å². The molecule has 0 radical (unpaired) electrons. The highest BCUT2D eigenvalue weighted by Gasteiger charge is 2.27. The number of nitrogens with one attached hydrogen (secondary N) is 1. The van der Waals surface area contributed by atoms with E-state index in [0.29, 0.717) is 0 Å². The minimum Gasteiger partial charge on any atom is -0.502 e. The van der Waals surface area contributed by atoms with E-state index in [9.17, 15) is 20.0 Å². The number of carbonyl (C=O) groups is 1. The zero-order valence-corrected chi connectivity index (χ0v) is 8.34. The van der Waals surface area contributed by atoms with Gasteiger partial charge in [0.2, 0.25) is 5.75 Å². The maximum Gasteiger partial charge on any atom is 0.311 e. The number of nitro groups is 1. The summed E-state index contributed by atoms with van der Waals surface area (Å²) in [4.78, 5) is 21.4. The first-order valence-electron chi connectivity index (χ1n) is 4.87. The first-order valence-corrected chi connectivity index (χ1v) is 4.87. The van der Waals surface area contributed by atoms with Crippen molar-refractivity contribution in [2.75, 3.05) is 0 Å². The second kappa shape index (κ2) is 3.80. The van der Waals surface area contributed by atoms with Crippen LogP contribution in [-0.4, -0.2) is 22.0 Å². The Morgan fingerprint density at radius 2 is 2.19 bits per heavy atom.